The molecule has 2 bridgehead atoms. The first-order chi connectivity index (χ1) is 10.6. The van der Waals surface area contributed by atoms with Gasteiger partial charge in [0.1, 0.15) is 6.04 Å². The van der Waals surface area contributed by atoms with E-state index in [1.807, 2.05) is 0 Å². The first kappa shape index (κ1) is 14.2. The smallest absolute Gasteiger partial charge is 0.237 e. The Hall–Kier alpha value is -1.38. The van der Waals surface area contributed by atoms with Crippen LogP contribution in [0.1, 0.15) is 38.5 Å². The van der Waals surface area contributed by atoms with Crippen LogP contribution < -0.4 is 5.32 Å². The number of nitrogens with zero attached hydrogens (tertiary/aromatic N) is 2. The summed E-state index contributed by atoms with van der Waals surface area (Å²) in [6, 6.07) is 2.00. The van der Waals surface area contributed by atoms with Crippen molar-refractivity contribution < 1.29 is 9.90 Å². The van der Waals surface area contributed by atoms with E-state index in [1.165, 1.54) is 5.57 Å². The molecule has 0 aromatic carbocycles. The highest BCUT2D eigenvalue weighted by Crippen LogP contribution is 2.55. The highest BCUT2D eigenvalue weighted by atomic mass is 16.3. The summed E-state index contributed by atoms with van der Waals surface area (Å²) in [5.74, 6) is 1.15. The van der Waals surface area contributed by atoms with Gasteiger partial charge in [0.05, 0.1) is 18.7 Å². The van der Waals surface area contributed by atoms with Crippen LogP contribution in [-0.2, 0) is 4.79 Å². The van der Waals surface area contributed by atoms with E-state index in [-0.39, 0.29) is 23.6 Å². The van der Waals surface area contributed by atoms with Crippen LogP contribution in [0.3, 0.4) is 0 Å². The van der Waals surface area contributed by atoms with Crippen molar-refractivity contribution in [2.45, 2.75) is 56.2 Å². The fourth-order valence-electron chi connectivity index (χ4n) is 5.17. The number of carbonyl (C=O) groups is 1. The molecule has 0 radical (unpaired) electrons. The molecule has 1 heterocycles. The predicted molar refractivity (Wildman–Crippen MR) is 80.6 cm³/mol. The Bertz CT molecular complexity index is 567. The molecule has 1 aliphatic heterocycles. The number of carbonyl (C=O) groups excluding carboxylic acids is 1. The van der Waals surface area contributed by atoms with Crippen LogP contribution >= 0.6 is 0 Å². The van der Waals surface area contributed by atoms with Gasteiger partial charge in [-0.15, -0.1) is 0 Å². The third-order valence-electron chi connectivity index (χ3n) is 6.24. The zero-order chi connectivity index (χ0) is 15.3. The molecular formula is C17H23N3O2. The van der Waals surface area contributed by atoms with Gasteiger partial charge in [-0.05, 0) is 55.9 Å². The van der Waals surface area contributed by atoms with Gasteiger partial charge >= 0.3 is 0 Å². The molecule has 5 nitrogen and oxygen atoms in total. The fourth-order valence-corrected chi connectivity index (χ4v) is 5.17. The quantitative estimate of drug-likeness (QED) is 0.761. The van der Waals surface area contributed by atoms with Gasteiger partial charge in [0.25, 0.3) is 0 Å². The van der Waals surface area contributed by atoms with Gasteiger partial charge in [-0.3, -0.25) is 4.79 Å². The van der Waals surface area contributed by atoms with Crippen molar-refractivity contribution in [3.05, 3.63) is 11.6 Å². The second-order valence-corrected chi connectivity index (χ2v) is 7.44. The van der Waals surface area contributed by atoms with Crippen molar-refractivity contribution in [2.24, 2.45) is 11.8 Å². The number of rotatable bonds is 3. The molecule has 1 saturated heterocycles. The second kappa shape index (κ2) is 5.07. The Balaban J connectivity index is 1.40. The Kier molecular flexibility index (Phi) is 3.28. The lowest BCUT2D eigenvalue weighted by Gasteiger charge is -2.35. The Morgan fingerprint density at radius 2 is 2.41 bits per heavy atom. The van der Waals surface area contributed by atoms with E-state index in [2.05, 4.69) is 17.5 Å². The maximum atomic E-state index is 12.4. The van der Waals surface area contributed by atoms with E-state index < -0.39 is 0 Å². The number of hydrogen-bond donors (Lipinski definition) is 2. The van der Waals surface area contributed by atoms with E-state index in [0.29, 0.717) is 24.9 Å². The van der Waals surface area contributed by atoms with Crippen LogP contribution in [0, 0.1) is 23.2 Å². The molecule has 3 fully saturated rings. The van der Waals surface area contributed by atoms with E-state index in [4.69, 9.17) is 5.26 Å². The average molecular weight is 301 g/mol. The average Bonchev–Trinajstić information content (AvgIpc) is 3.15. The van der Waals surface area contributed by atoms with Crippen molar-refractivity contribution in [1.82, 2.24) is 10.2 Å². The third-order valence-corrected chi connectivity index (χ3v) is 6.24. The SMILES string of the molecule is N#C[C@@H]1CCCN1C(=O)CNC12CC=C3C(O)CC(C1)C3C2. The van der Waals surface area contributed by atoms with Crippen LogP contribution in [0.4, 0.5) is 0 Å². The predicted octanol–water partition coefficient (Wildman–Crippen LogP) is 0.950. The van der Waals surface area contributed by atoms with E-state index in [0.717, 1.165) is 38.5 Å². The van der Waals surface area contributed by atoms with E-state index in [9.17, 15) is 9.90 Å². The standard InChI is InChI=1S/C17H23N3O2/c18-9-12-2-1-5-20(12)16(22)10-19-17-4-3-13-14(8-17)11(7-17)6-15(13)21/h3,11-12,14-15,19,21H,1-2,4-8,10H2/t11?,12-,14?,15?,17?/m0/s1. The molecule has 5 heteroatoms. The minimum atomic E-state index is -0.234. The van der Waals surface area contributed by atoms with Crippen LogP contribution in [0.15, 0.2) is 11.6 Å². The summed E-state index contributed by atoms with van der Waals surface area (Å²) in [5, 5.41) is 22.7. The Labute approximate surface area is 131 Å². The number of amides is 1. The first-order valence-corrected chi connectivity index (χ1v) is 8.44. The molecule has 4 rings (SSSR count). The minimum Gasteiger partial charge on any atom is -0.389 e. The van der Waals surface area contributed by atoms with Gasteiger partial charge < -0.3 is 15.3 Å². The number of aliphatic hydroxyl groups excluding tert-OH is 1. The van der Waals surface area contributed by atoms with Crippen molar-refractivity contribution in [1.29, 1.82) is 5.26 Å². The lowest BCUT2D eigenvalue weighted by atomic mass is 9.82. The first-order valence-electron chi connectivity index (χ1n) is 8.44. The number of aliphatic hydroxyl groups is 1. The molecule has 2 N–H and O–H groups in total. The minimum absolute atomic E-state index is 0.0382. The van der Waals surface area contributed by atoms with Gasteiger partial charge in [-0.2, -0.15) is 5.26 Å². The van der Waals surface area contributed by atoms with Gasteiger partial charge in [-0.25, -0.2) is 0 Å². The van der Waals surface area contributed by atoms with Crippen molar-refractivity contribution >= 4 is 5.91 Å². The molecule has 4 unspecified atom stereocenters. The van der Waals surface area contributed by atoms with Crippen LogP contribution in [0.5, 0.6) is 0 Å². The molecule has 118 valence electrons. The summed E-state index contributed by atoms with van der Waals surface area (Å²) in [6.07, 6.45) is 7.63. The summed E-state index contributed by atoms with van der Waals surface area (Å²) < 4.78 is 0. The molecule has 1 amide bonds. The van der Waals surface area contributed by atoms with E-state index in [1.54, 1.807) is 4.90 Å². The fraction of sp³-hybridized carbons (Fsp3) is 0.765. The van der Waals surface area contributed by atoms with Crippen molar-refractivity contribution in [2.75, 3.05) is 13.1 Å². The largest absolute Gasteiger partial charge is 0.389 e. The number of hydrogen-bond acceptors (Lipinski definition) is 4. The van der Waals surface area contributed by atoms with Crippen molar-refractivity contribution in [3.8, 4) is 6.07 Å². The molecule has 2 saturated carbocycles. The summed E-state index contributed by atoms with van der Waals surface area (Å²) in [7, 11) is 0. The maximum Gasteiger partial charge on any atom is 0.237 e. The van der Waals surface area contributed by atoms with Crippen LogP contribution in [0.25, 0.3) is 0 Å². The molecule has 22 heavy (non-hydrogen) atoms. The lowest BCUT2D eigenvalue weighted by Crippen LogP contribution is -2.50. The maximum absolute atomic E-state index is 12.4. The Morgan fingerprint density at radius 1 is 1.55 bits per heavy atom. The Morgan fingerprint density at radius 3 is 3.23 bits per heavy atom. The van der Waals surface area contributed by atoms with Gasteiger partial charge in [-0.1, -0.05) is 6.08 Å². The molecule has 0 aromatic rings. The third kappa shape index (κ3) is 2.09. The van der Waals surface area contributed by atoms with Crippen molar-refractivity contribution in [3.63, 3.8) is 0 Å². The number of nitrogens with one attached hydrogen (secondary N) is 1. The normalized spacial score (nSPS) is 42.4. The molecule has 4 aliphatic rings. The van der Waals surface area contributed by atoms with Crippen LogP contribution in [-0.4, -0.2) is 46.7 Å². The molecule has 0 aromatic heterocycles. The summed E-state index contributed by atoms with van der Waals surface area (Å²) >= 11 is 0. The number of fused-ring (bicyclic) bond motifs is 1. The van der Waals surface area contributed by atoms with Gasteiger partial charge in [0.2, 0.25) is 5.91 Å². The topological polar surface area (TPSA) is 76.4 Å². The zero-order valence-corrected chi connectivity index (χ0v) is 12.8. The number of nitriles is 1. The summed E-state index contributed by atoms with van der Waals surface area (Å²) in [6.45, 7) is 1.05. The molecule has 5 atom stereocenters. The second-order valence-electron chi connectivity index (χ2n) is 7.44. The summed E-state index contributed by atoms with van der Waals surface area (Å²) in [4.78, 5) is 14.1. The number of likely N-dealkylation sites (tertiary alicyclic amines) is 1. The van der Waals surface area contributed by atoms with Crippen LogP contribution in [0.2, 0.25) is 0 Å². The monoisotopic (exact) mass is 301 g/mol. The molecule has 3 aliphatic carbocycles. The van der Waals surface area contributed by atoms with Gasteiger partial charge in [0.15, 0.2) is 0 Å². The summed E-state index contributed by atoms with van der Waals surface area (Å²) in [5.41, 5.74) is 1.28. The highest BCUT2D eigenvalue weighted by molar-refractivity contribution is 5.79. The lowest BCUT2D eigenvalue weighted by molar-refractivity contribution is -0.130. The van der Waals surface area contributed by atoms with E-state index >= 15 is 0 Å². The van der Waals surface area contributed by atoms with Gasteiger partial charge in [0, 0.05) is 12.1 Å². The highest BCUT2D eigenvalue weighted by Gasteiger charge is 2.53. The molecule has 0 spiro atoms. The molecular weight excluding hydrogens is 278 g/mol. The zero-order valence-electron chi connectivity index (χ0n) is 12.8.